The first kappa shape index (κ1) is 15.8. The van der Waals surface area contributed by atoms with Crippen LogP contribution in [-0.2, 0) is 0 Å². The van der Waals surface area contributed by atoms with Crippen molar-refractivity contribution in [3.8, 4) is 16.3 Å². The van der Waals surface area contributed by atoms with E-state index < -0.39 is 6.36 Å². The molecule has 1 heterocycles. The molecular formula is C14H15F3N2OS. The van der Waals surface area contributed by atoms with Crippen molar-refractivity contribution in [1.82, 2.24) is 10.3 Å². The van der Waals surface area contributed by atoms with E-state index in [1.54, 1.807) is 12.1 Å². The number of aromatic nitrogens is 1. The molecule has 0 saturated carbocycles. The predicted molar refractivity (Wildman–Crippen MR) is 76.3 cm³/mol. The van der Waals surface area contributed by atoms with Gasteiger partial charge in [0.2, 0.25) is 0 Å². The maximum atomic E-state index is 12.1. The van der Waals surface area contributed by atoms with E-state index in [1.165, 1.54) is 23.5 Å². The Morgan fingerprint density at radius 1 is 1.29 bits per heavy atom. The quantitative estimate of drug-likeness (QED) is 0.889. The Hall–Kier alpha value is -1.60. The van der Waals surface area contributed by atoms with Crippen LogP contribution in [0.1, 0.15) is 25.6 Å². The first-order valence-electron chi connectivity index (χ1n) is 6.44. The third-order valence-corrected chi connectivity index (χ3v) is 3.72. The molecule has 0 aliphatic rings. The first-order valence-corrected chi connectivity index (χ1v) is 7.32. The third-order valence-electron chi connectivity index (χ3n) is 2.81. The maximum absolute atomic E-state index is 12.1. The second-order valence-corrected chi connectivity index (χ2v) is 5.29. The molecule has 0 aliphatic heterocycles. The van der Waals surface area contributed by atoms with Gasteiger partial charge >= 0.3 is 6.36 Å². The van der Waals surface area contributed by atoms with Gasteiger partial charge in [-0.05, 0) is 37.7 Å². The van der Waals surface area contributed by atoms with Gasteiger partial charge in [-0.2, -0.15) is 0 Å². The van der Waals surface area contributed by atoms with Gasteiger partial charge in [-0.1, -0.05) is 6.92 Å². The van der Waals surface area contributed by atoms with Crippen molar-refractivity contribution in [2.24, 2.45) is 0 Å². The first-order chi connectivity index (χ1) is 9.89. The molecule has 0 bridgehead atoms. The summed E-state index contributed by atoms with van der Waals surface area (Å²) in [5.41, 5.74) is 1.69. The molecule has 2 rings (SSSR count). The fourth-order valence-corrected chi connectivity index (χ4v) is 2.75. The van der Waals surface area contributed by atoms with Crippen LogP contribution in [-0.4, -0.2) is 17.9 Å². The molecule has 3 nitrogen and oxygen atoms in total. The van der Waals surface area contributed by atoms with Crippen LogP contribution in [0.4, 0.5) is 13.2 Å². The van der Waals surface area contributed by atoms with E-state index in [-0.39, 0.29) is 11.8 Å². The van der Waals surface area contributed by atoms with Crippen molar-refractivity contribution in [2.75, 3.05) is 6.54 Å². The second-order valence-electron chi connectivity index (χ2n) is 4.43. The van der Waals surface area contributed by atoms with E-state index in [9.17, 15) is 13.2 Å². The molecule has 1 N–H and O–H groups in total. The summed E-state index contributed by atoms with van der Waals surface area (Å²) in [7, 11) is 0. The van der Waals surface area contributed by atoms with Crippen LogP contribution in [0.3, 0.4) is 0 Å². The molecule has 0 fully saturated rings. The normalized spacial score (nSPS) is 13.2. The zero-order valence-corrected chi connectivity index (χ0v) is 12.4. The largest absolute Gasteiger partial charge is 0.573 e. The van der Waals surface area contributed by atoms with Crippen LogP contribution in [0.15, 0.2) is 29.6 Å². The number of thiazole rings is 1. The van der Waals surface area contributed by atoms with E-state index in [0.717, 1.165) is 22.8 Å². The minimum Gasteiger partial charge on any atom is -0.406 e. The second kappa shape index (κ2) is 6.44. The summed E-state index contributed by atoms with van der Waals surface area (Å²) in [6.45, 7) is 4.88. The summed E-state index contributed by atoms with van der Waals surface area (Å²) < 4.78 is 40.1. The van der Waals surface area contributed by atoms with Gasteiger partial charge in [0, 0.05) is 17.0 Å². The molecule has 21 heavy (non-hydrogen) atoms. The number of alkyl halides is 3. The number of rotatable bonds is 5. The summed E-state index contributed by atoms with van der Waals surface area (Å²) in [6, 6.07) is 5.87. The lowest BCUT2D eigenvalue weighted by Gasteiger charge is -2.09. The molecule has 1 atom stereocenters. The van der Waals surface area contributed by atoms with Crippen molar-refractivity contribution >= 4 is 11.3 Å². The number of hydrogen-bond donors (Lipinski definition) is 1. The molecule has 1 aromatic heterocycles. The Morgan fingerprint density at radius 3 is 2.52 bits per heavy atom. The van der Waals surface area contributed by atoms with Gasteiger partial charge in [0.25, 0.3) is 0 Å². The number of nitrogens with one attached hydrogen (secondary N) is 1. The fraction of sp³-hybridized carbons (Fsp3) is 0.357. The minimum absolute atomic E-state index is 0.146. The topological polar surface area (TPSA) is 34.1 Å². The molecule has 114 valence electrons. The highest BCUT2D eigenvalue weighted by molar-refractivity contribution is 7.13. The smallest absolute Gasteiger partial charge is 0.406 e. The Labute approximate surface area is 124 Å². The van der Waals surface area contributed by atoms with Gasteiger partial charge in [-0.25, -0.2) is 4.98 Å². The number of nitrogens with zero attached hydrogens (tertiary/aromatic N) is 1. The Kier molecular flexibility index (Phi) is 4.84. The van der Waals surface area contributed by atoms with Crippen LogP contribution >= 0.6 is 11.3 Å². The average Bonchev–Trinajstić information content (AvgIpc) is 2.87. The van der Waals surface area contributed by atoms with E-state index in [0.29, 0.717) is 0 Å². The fourth-order valence-electron chi connectivity index (χ4n) is 1.83. The Bertz CT molecular complexity index is 581. The van der Waals surface area contributed by atoms with Crippen LogP contribution in [0.5, 0.6) is 5.75 Å². The third kappa shape index (κ3) is 4.44. The zero-order valence-electron chi connectivity index (χ0n) is 11.6. The van der Waals surface area contributed by atoms with Crippen molar-refractivity contribution in [3.63, 3.8) is 0 Å². The van der Waals surface area contributed by atoms with Gasteiger partial charge in [0.05, 0.1) is 5.69 Å². The van der Waals surface area contributed by atoms with Crippen LogP contribution in [0.2, 0.25) is 0 Å². The molecule has 7 heteroatoms. The SMILES string of the molecule is CCNC(C)c1csc(-c2ccc(OC(F)(F)F)cc2)n1. The lowest BCUT2D eigenvalue weighted by atomic mass is 10.2. The van der Waals surface area contributed by atoms with E-state index in [4.69, 9.17) is 0 Å². The standard InChI is InChI=1S/C14H15F3N2OS/c1-3-18-9(2)12-8-21-13(19-12)10-4-6-11(7-5-10)20-14(15,16)17/h4-9,18H,3H2,1-2H3. The van der Waals surface area contributed by atoms with E-state index in [1.807, 2.05) is 19.2 Å². The van der Waals surface area contributed by atoms with Crippen molar-refractivity contribution < 1.29 is 17.9 Å². The molecule has 0 aliphatic carbocycles. The minimum atomic E-state index is -4.67. The summed E-state index contributed by atoms with van der Waals surface area (Å²) in [5, 5.41) is 5.98. The summed E-state index contributed by atoms with van der Waals surface area (Å²) in [6.07, 6.45) is -4.67. The molecule has 0 saturated heterocycles. The predicted octanol–water partition coefficient (Wildman–Crippen LogP) is 4.38. The monoisotopic (exact) mass is 316 g/mol. The molecule has 1 aromatic carbocycles. The number of halogens is 3. The Balaban J connectivity index is 2.12. The van der Waals surface area contributed by atoms with E-state index in [2.05, 4.69) is 15.0 Å². The number of ether oxygens (including phenoxy) is 1. The van der Waals surface area contributed by atoms with Crippen molar-refractivity contribution in [2.45, 2.75) is 26.3 Å². The van der Waals surface area contributed by atoms with Gasteiger partial charge in [-0.3, -0.25) is 0 Å². The van der Waals surface area contributed by atoms with Crippen molar-refractivity contribution in [1.29, 1.82) is 0 Å². The Morgan fingerprint density at radius 2 is 1.95 bits per heavy atom. The highest BCUT2D eigenvalue weighted by atomic mass is 32.1. The van der Waals surface area contributed by atoms with Gasteiger partial charge in [0.1, 0.15) is 10.8 Å². The van der Waals surface area contributed by atoms with Crippen LogP contribution in [0, 0.1) is 0 Å². The maximum Gasteiger partial charge on any atom is 0.573 e. The highest BCUT2D eigenvalue weighted by Gasteiger charge is 2.31. The molecule has 0 radical (unpaired) electrons. The zero-order chi connectivity index (χ0) is 15.5. The van der Waals surface area contributed by atoms with Crippen LogP contribution < -0.4 is 10.1 Å². The summed E-state index contributed by atoms with van der Waals surface area (Å²) in [4.78, 5) is 4.50. The lowest BCUT2D eigenvalue weighted by Crippen LogP contribution is -2.17. The molecule has 0 amide bonds. The lowest BCUT2D eigenvalue weighted by molar-refractivity contribution is -0.274. The molecule has 1 unspecified atom stereocenters. The molecule has 2 aromatic rings. The van der Waals surface area contributed by atoms with Crippen molar-refractivity contribution in [3.05, 3.63) is 35.3 Å². The highest BCUT2D eigenvalue weighted by Crippen LogP contribution is 2.29. The van der Waals surface area contributed by atoms with Gasteiger partial charge in [-0.15, -0.1) is 24.5 Å². The average molecular weight is 316 g/mol. The summed E-state index contributed by atoms with van der Waals surface area (Å²) in [5.74, 6) is -0.232. The van der Waals surface area contributed by atoms with Gasteiger partial charge < -0.3 is 10.1 Å². The van der Waals surface area contributed by atoms with E-state index >= 15 is 0 Å². The molecule has 0 spiro atoms. The van der Waals surface area contributed by atoms with Gasteiger partial charge in [0.15, 0.2) is 0 Å². The van der Waals surface area contributed by atoms with Crippen LogP contribution in [0.25, 0.3) is 10.6 Å². The number of benzene rings is 1. The summed E-state index contributed by atoms with van der Waals surface area (Å²) >= 11 is 1.46. The molecular weight excluding hydrogens is 301 g/mol. The number of hydrogen-bond acceptors (Lipinski definition) is 4.